The summed E-state index contributed by atoms with van der Waals surface area (Å²) < 4.78 is 0. The normalized spacial score (nSPS) is 19.9. The van der Waals surface area contributed by atoms with Gasteiger partial charge in [0.2, 0.25) is 11.8 Å². The van der Waals surface area contributed by atoms with Crippen molar-refractivity contribution in [2.45, 2.75) is 38.6 Å². The van der Waals surface area contributed by atoms with Crippen LogP contribution in [0.3, 0.4) is 0 Å². The van der Waals surface area contributed by atoms with Crippen molar-refractivity contribution in [2.24, 2.45) is 5.92 Å². The van der Waals surface area contributed by atoms with E-state index >= 15 is 0 Å². The SMILES string of the molecule is CC(C)(CCC(=O)O)NC(=O)C1CNC(=O)C1. The summed E-state index contributed by atoms with van der Waals surface area (Å²) in [4.78, 5) is 33.2. The minimum Gasteiger partial charge on any atom is -0.481 e. The molecule has 1 fully saturated rings. The van der Waals surface area contributed by atoms with E-state index in [1.807, 2.05) is 0 Å². The van der Waals surface area contributed by atoms with E-state index in [2.05, 4.69) is 10.6 Å². The van der Waals surface area contributed by atoms with Crippen LogP contribution < -0.4 is 10.6 Å². The van der Waals surface area contributed by atoms with Crippen LogP contribution in [0.1, 0.15) is 33.1 Å². The van der Waals surface area contributed by atoms with Crippen molar-refractivity contribution in [1.29, 1.82) is 0 Å². The maximum atomic E-state index is 11.8. The van der Waals surface area contributed by atoms with Gasteiger partial charge in [0.15, 0.2) is 0 Å². The molecule has 3 N–H and O–H groups in total. The number of hydrogen-bond donors (Lipinski definition) is 3. The molecule has 0 aromatic carbocycles. The molecule has 0 aromatic heterocycles. The first-order valence-electron chi connectivity index (χ1n) is 5.61. The second-order valence-electron chi connectivity index (χ2n) is 4.97. The predicted molar refractivity (Wildman–Crippen MR) is 60.2 cm³/mol. The summed E-state index contributed by atoms with van der Waals surface area (Å²) in [6.45, 7) is 3.91. The Morgan fingerprint density at radius 3 is 2.65 bits per heavy atom. The molecule has 6 heteroatoms. The molecule has 0 saturated carbocycles. The minimum absolute atomic E-state index is 0.00905. The molecule has 0 bridgehead atoms. The number of carboxylic acid groups (broad SMARTS) is 1. The van der Waals surface area contributed by atoms with Crippen LogP contribution in [0.2, 0.25) is 0 Å². The lowest BCUT2D eigenvalue weighted by molar-refractivity contribution is -0.138. The Bertz CT molecular complexity index is 338. The second kappa shape index (κ2) is 5.16. The van der Waals surface area contributed by atoms with Gasteiger partial charge in [0.1, 0.15) is 0 Å². The van der Waals surface area contributed by atoms with Gasteiger partial charge < -0.3 is 15.7 Å². The summed E-state index contributed by atoms with van der Waals surface area (Å²) in [5.41, 5.74) is -0.568. The highest BCUT2D eigenvalue weighted by molar-refractivity contribution is 5.89. The molecular formula is C11H18N2O4. The van der Waals surface area contributed by atoms with E-state index < -0.39 is 11.5 Å². The summed E-state index contributed by atoms with van der Waals surface area (Å²) in [7, 11) is 0. The van der Waals surface area contributed by atoms with Crippen LogP contribution in [0.4, 0.5) is 0 Å². The predicted octanol–water partition coefficient (Wildman–Crippen LogP) is -0.118. The van der Waals surface area contributed by atoms with Crippen LogP contribution in [-0.2, 0) is 14.4 Å². The van der Waals surface area contributed by atoms with Gasteiger partial charge in [-0.15, -0.1) is 0 Å². The maximum absolute atomic E-state index is 11.8. The topological polar surface area (TPSA) is 95.5 Å². The van der Waals surface area contributed by atoms with E-state index in [9.17, 15) is 14.4 Å². The van der Waals surface area contributed by atoms with Gasteiger partial charge in [-0.05, 0) is 20.3 Å². The molecule has 6 nitrogen and oxygen atoms in total. The average Bonchev–Trinajstić information content (AvgIpc) is 2.61. The molecule has 1 rings (SSSR count). The van der Waals surface area contributed by atoms with Gasteiger partial charge in [0.05, 0.1) is 5.92 Å². The zero-order valence-corrected chi connectivity index (χ0v) is 10.1. The van der Waals surface area contributed by atoms with Crippen LogP contribution in [0, 0.1) is 5.92 Å². The van der Waals surface area contributed by atoms with E-state index in [0.29, 0.717) is 13.0 Å². The van der Waals surface area contributed by atoms with Gasteiger partial charge in [-0.25, -0.2) is 0 Å². The van der Waals surface area contributed by atoms with E-state index in [1.165, 1.54) is 0 Å². The number of amides is 2. The van der Waals surface area contributed by atoms with Gasteiger partial charge in [-0.1, -0.05) is 0 Å². The van der Waals surface area contributed by atoms with Gasteiger partial charge in [0.25, 0.3) is 0 Å². The molecule has 1 unspecified atom stereocenters. The standard InChI is InChI=1S/C11H18N2O4/c1-11(2,4-3-9(15)16)13-10(17)7-5-8(14)12-6-7/h7H,3-6H2,1-2H3,(H,12,14)(H,13,17)(H,15,16). The van der Waals surface area contributed by atoms with Gasteiger partial charge in [0, 0.05) is 24.9 Å². The third kappa shape index (κ3) is 4.42. The Labute approximate surface area is 99.8 Å². The molecule has 0 aromatic rings. The van der Waals surface area contributed by atoms with Crippen molar-refractivity contribution in [3.05, 3.63) is 0 Å². The van der Waals surface area contributed by atoms with E-state index in [4.69, 9.17) is 5.11 Å². The average molecular weight is 242 g/mol. The zero-order valence-electron chi connectivity index (χ0n) is 10.1. The number of aliphatic carboxylic acids is 1. The molecule has 1 atom stereocenters. The van der Waals surface area contributed by atoms with Crippen LogP contribution in [0.5, 0.6) is 0 Å². The number of rotatable bonds is 5. The van der Waals surface area contributed by atoms with E-state index in [1.54, 1.807) is 13.8 Å². The fraction of sp³-hybridized carbons (Fsp3) is 0.727. The molecule has 0 radical (unpaired) electrons. The third-order valence-corrected chi connectivity index (χ3v) is 2.77. The Morgan fingerprint density at radius 2 is 2.18 bits per heavy atom. The Kier molecular flexibility index (Phi) is 4.09. The van der Waals surface area contributed by atoms with Crippen molar-refractivity contribution in [3.8, 4) is 0 Å². The molecular weight excluding hydrogens is 224 g/mol. The highest BCUT2D eigenvalue weighted by Crippen LogP contribution is 2.15. The lowest BCUT2D eigenvalue weighted by Gasteiger charge is -2.27. The highest BCUT2D eigenvalue weighted by Gasteiger charge is 2.31. The van der Waals surface area contributed by atoms with Gasteiger partial charge in [-0.2, -0.15) is 0 Å². The van der Waals surface area contributed by atoms with Crippen LogP contribution >= 0.6 is 0 Å². The zero-order chi connectivity index (χ0) is 13.1. The first-order valence-corrected chi connectivity index (χ1v) is 5.61. The quantitative estimate of drug-likeness (QED) is 0.626. The molecule has 1 aliphatic heterocycles. The van der Waals surface area contributed by atoms with Crippen molar-refractivity contribution >= 4 is 17.8 Å². The summed E-state index contributed by atoms with van der Waals surface area (Å²) in [6.07, 6.45) is 0.581. The maximum Gasteiger partial charge on any atom is 0.303 e. The fourth-order valence-electron chi connectivity index (χ4n) is 1.71. The van der Waals surface area contributed by atoms with Crippen molar-refractivity contribution in [1.82, 2.24) is 10.6 Å². The first kappa shape index (κ1) is 13.5. The molecule has 2 amide bonds. The molecule has 0 spiro atoms. The summed E-state index contributed by atoms with van der Waals surface area (Å²) in [5, 5.41) is 14.0. The highest BCUT2D eigenvalue weighted by atomic mass is 16.4. The van der Waals surface area contributed by atoms with Crippen LogP contribution in [0.15, 0.2) is 0 Å². The van der Waals surface area contributed by atoms with Gasteiger partial charge in [-0.3, -0.25) is 14.4 Å². The van der Waals surface area contributed by atoms with Crippen molar-refractivity contribution in [3.63, 3.8) is 0 Å². The lowest BCUT2D eigenvalue weighted by Crippen LogP contribution is -2.46. The van der Waals surface area contributed by atoms with E-state index in [0.717, 1.165) is 0 Å². The first-order chi connectivity index (χ1) is 7.80. The summed E-state index contributed by atoms with van der Waals surface area (Å²) in [5.74, 6) is -1.54. The summed E-state index contributed by atoms with van der Waals surface area (Å²) in [6, 6.07) is 0. The molecule has 1 saturated heterocycles. The number of nitrogens with one attached hydrogen (secondary N) is 2. The Hall–Kier alpha value is -1.59. The fourth-order valence-corrected chi connectivity index (χ4v) is 1.71. The van der Waals surface area contributed by atoms with Crippen LogP contribution in [-0.4, -0.2) is 35.0 Å². The molecule has 96 valence electrons. The third-order valence-electron chi connectivity index (χ3n) is 2.77. The number of hydrogen-bond acceptors (Lipinski definition) is 3. The number of carboxylic acids is 1. The van der Waals surface area contributed by atoms with Crippen molar-refractivity contribution in [2.75, 3.05) is 6.54 Å². The molecule has 1 aliphatic rings. The summed E-state index contributed by atoms with van der Waals surface area (Å²) >= 11 is 0. The van der Waals surface area contributed by atoms with Crippen LogP contribution in [0.25, 0.3) is 0 Å². The Balaban J connectivity index is 2.43. The monoisotopic (exact) mass is 242 g/mol. The molecule has 0 aliphatic carbocycles. The minimum atomic E-state index is -0.884. The molecule has 1 heterocycles. The number of carbonyl (C=O) groups is 3. The number of carbonyl (C=O) groups excluding carboxylic acids is 2. The molecule has 17 heavy (non-hydrogen) atoms. The van der Waals surface area contributed by atoms with Crippen molar-refractivity contribution < 1.29 is 19.5 Å². The Morgan fingerprint density at radius 1 is 1.53 bits per heavy atom. The smallest absolute Gasteiger partial charge is 0.303 e. The van der Waals surface area contributed by atoms with Gasteiger partial charge >= 0.3 is 5.97 Å². The largest absolute Gasteiger partial charge is 0.481 e. The van der Waals surface area contributed by atoms with E-state index in [-0.39, 0.29) is 30.6 Å². The second-order valence-corrected chi connectivity index (χ2v) is 4.97. The lowest BCUT2D eigenvalue weighted by atomic mass is 9.96.